The average Bonchev–Trinajstić information content (AvgIpc) is 3.45. The molecule has 0 saturated heterocycles. The minimum atomic E-state index is -0.342. The lowest BCUT2D eigenvalue weighted by atomic mass is 10.1. The van der Waals surface area contributed by atoms with E-state index < -0.39 is 0 Å². The third-order valence-electron chi connectivity index (χ3n) is 5.78. The smallest absolute Gasteiger partial charge is 0.332 e. The third-order valence-corrected chi connectivity index (χ3v) is 6.76. The lowest BCUT2D eigenvalue weighted by Gasteiger charge is -2.11. The highest BCUT2D eigenvalue weighted by molar-refractivity contribution is 7.10. The van der Waals surface area contributed by atoms with Crippen molar-refractivity contribution in [2.75, 3.05) is 0 Å². The van der Waals surface area contributed by atoms with Gasteiger partial charge in [0.15, 0.2) is 5.65 Å². The van der Waals surface area contributed by atoms with E-state index >= 15 is 0 Å². The maximum Gasteiger partial charge on any atom is 0.332 e. The minimum Gasteiger partial charge on any atom is -0.349 e. The first kappa shape index (κ1) is 22.8. The molecule has 4 rings (SSSR count). The van der Waals surface area contributed by atoms with Crippen LogP contribution in [0.1, 0.15) is 29.9 Å². The summed E-state index contributed by atoms with van der Waals surface area (Å²) in [5.74, 6) is 0.224. The first-order chi connectivity index (χ1) is 15.7. The molecule has 0 aliphatic rings. The van der Waals surface area contributed by atoms with E-state index in [0.717, 1.165) is 22.5 Å². The highest BCUT2D eigenvalue weighted by Crippen LogP contribution is 2.30. The fourth-order valence-electron chi connectivity index (χ4n) is 4.16. The molecule has 0 aliphatic heterocycles. The van der Waals surface area contributed by atoms with Crippen LogP contribution < -0.4 is 11.2 Å². The molecule has 0 aromatic carbocycles. The van der Waals surface area contributed by atoms with Crippen LogP contribution in [0.15, 0.2) is 52.0 Å². The van der Waals surface area contributed by atoms with Gasteiger partial charge in [-0.3, -0.25) is 18.6 Å². The summed E-state index contributed by atoms with van der Waals surface area (Å²) in [6.07, 6.45) is 7.67. The predicted octanol–water partition coefficient (Wildman–Crippen LogP) is 4.18. The molecule has 4 aromatic rings. The van der Waals surface area contributed by atoms with Gasteiger partial charge in [-0.1, -0.05) is 38.7 Å². The fraction of sp³-hybridized carbons (Fsp3) is 0.320. The van der Waals surface area contributed by atoms with Gasteiger partial charge >= 0.3 is 5.69 Å². The number of aryl methyl sites for hydroxylation is 2. The molecule has 0 radical (unpaired) electrons. The number of allylic oxidation sites excluding steroid dienone is 2. The lowest BCUT2D eigenvalue weighted by molar-refractivity contribution is 0.498. The number of fused-ring (bicyclic) bond motifs is 1. The Labute approximate surface area is 196 Å². The molecule has 33 heavy (non-hydrogen) atoms. The predicted molar refractivity (Wildman–Crippen MR) is 136 cm³/mol. The van der Waals surface area contributed by atoms with Gasteiger partial charge in [0.05, 0.1) is 12.2 Å². The van der Waals surface area contributed by atoms with Gasteiger partial charge in [0.1, 0.15) is 11.1 Å². The summed E-state index contributed by atoms with van der Waals surface area (Å²) < 4.78 is 6.66. The molecule has 0 unspecified atom stereocenters. The largest absolute Gasteiger partial charge is 0.349 e. The molecular formula is C25H29N5O2S. The maximum atomic E-state index is 13.4. The molecule has 8 heteroatoms. The van der Waals surface area contributed by atoms with Crippen molar-refractivity contribution >= 4 is 28.4 Å². The van der Waals surface area contributed by atoms with Crippen molar-refractivity contribution in [3.63, 3.8) is 0 Å². The zero-order valence-corrected chi connectivity index (χ0v) is 20.5. The number of rotatable bonds is 7. The minimum absolute atomic E-state index is 0.224. The van der Waals surface area contributed by atoms with Crippen molar-refractivity contribution in [1.29, 1.82) is 0 Å². The molecule has 4 heterocycles. The SMILES string of the molecule is C=C/C=C\c1c(Cn2nc3c(c2-c2cccn2C)c(=O)n(C)c(=O)n3CC(C)C)csc1C. The van der Waals surface area contributed by atoms with Crippen LogP contribution in [0.3, 0.4) is 0 Å². The summed E-state index contributed by atoms with van der Waals surface area (Å²) in [5.41, 5.74) is 3.59. The molecule has 172 valence electrons. The van der Waals surface area contributed by atoms with Gasteiger partial charge in [-0.05, 0) is 41.5 Å². The van der Waals surface area contributed by atoms with Crippen LogP contribution in [0, 0.1) is 12.8 Å². The number of hydrogen-bond acceptors (Lipinski definition) is 4. The molecule has 7 nitrogen and oxygen atoms in total. The van der Waals surface area contributed by atoms with Crippen LogP contribution in [0.25, 0.3) is 28.5 Å². The summed E-state index contributed by atoms with van der Waals surface area (Å²) in [6.45, 7) is 10.9. The van der Waals surface area contributed by atoms with Crippen molar-refractivity contribution in [2.45, 2.75) is 33.9 Å². The Hall–Kier alpha value is -3.39. The summed E-state index contributed by atoms with van der Waals surface area (Å²) in [7, 11) is 3.48. The van der Waals surface area contributed by atoms with E-state index in [-0.39, 0.29) is 17.2 Å². The second-order valence-corrected chi connectivity index (χ2v) is 9.77. The van der Waals surface area contributed by atoms with Gasteiger partial charge in [-0.15, -0.1) is 11.3 Å². The van der Waals surface area contributed by atoms with Gasteiger partial charge in [0.2, 0.25) is 0 Å². The highest BCUT2D eigenvalue weighted by atomic mass is 32.1. The van der Waals surface area contributed by atoms with E-state index in [0.29, 0.717) is 24.1 Å². The second-order valence-electron chi connectivity index (χ2n) is 8.69. The van der Waals surface area contributed by atoms with Crippen molar-refractivity contribution in [1.82, 2.24) is 23.5 Å². The van der Waals surface area contributed by atoms with Crippen LogP contribution >= 0.6 is 11.3 Å². The average molecular weight is 464 g/mol. The van der Waals surface area contributed by atoms with Crippen molar-refractivity contribution < 1.29 is 0 Å². The van der Waals surface area contributed by atoms with Crippen molar-refractivity contribution in [2.24, 2.45) is 20.0 Å². The molecule has 0 atom stereocenters. The Morgan fingerprint density at radius 2 is 2.00 bits per heavy atom. The topological polar surface area (TPSA) is 66.8 Å². The Morgan fingerprint density at radius 3 is 2.64 bits per heavy atom. The number of aromatic nitrogens is 5. The zero-order valence-electron chi connectivity index (χ0n) is 19.7. The van der Waals surface area contributed by atoms with Gasteiger partial charge < -0.3 is 4.57 Å². The van der Waals surface area contributed by atoms with Crippen LogP contribution in [0.2, 0.25) is 0 Å². The molecule has 0 fully saturated rings. The Morgan fingerprint density at radius 1 is 1.24 bits per heavy atom. The number of hydrogen-bond donors (Lipinski definition) is 0. The molecule has 0 bridgehead atoms. The summed E-state index contributed by atoms with van der Waals surface area (Å²) >= 11 is 1.68. The third kappa shape index (κ3) is 3.95. The van der Waals surface area contributed by atoms with Crippen molar-refractivity contribution in [3.8, 4) is 11.4 Å². The first-order valence-corrected chi connectivity index (χ1v) is 11.8. The van der Waals surface area contributed by atoms with Crippen LogP contribution in [0.5, 0.6) is 0 Å². The van der Waals surface area contributed by atoms with Gasteiger partial charge in [0.25, 0.3) is 5.56 Å². The highest BCUT2D eigenvalue weighted by Gasteiger charge is 2.24. The van der Waals surface area contributed by atoms with Gasteiger partial charge in [-0.2, -0.15) is 5.10 Å². The Bertz CT molecular complexity index is 1490. The lowest BCUT2D eigenvalue weighted by Crippen LogP contribution is -2.38. The summed E-state index contributed by atoms with van der Waals surface area (Å²) in [4.78, 5) is 27.6. The van der Waals surface area contributed by atoms with E-state index in [1.165, 1.54) is 16.5 Å². The maximum absolute atomic E-state index is 13.4. The Kier molecular flexibility index (Phi) is 6.12. The molecule has 4 aromatic heterocycles. The quantitative estimate of drug-likeness (QED) is 0.386. The monoisotopic (exact) mass is 463 g/mol. The van der Waals surface area contributed by atoms with Crippen LogP contribution in [-0.2, 0) is 27.2 Å². The van der Waals surface area contributed by atoms with E-state index in [9.17, 15) is 9.59 Å². The standard InChI is InChI=1S/C25H29N5O2S/c1-7-8-10-19-17(4)33-15-18(19)14-30-22(20-11-9-12-27(20)5)21-23(26-30)29(13-16(2)3)25(32)28(6)24(21)31/h7-12,15-16H,1,13-14H2,2-6H3/b10-8-. The van der Waals surface area contributed by atoms with E-state index in [4.69, 9.17) is 5.10 Å². The van der Waals surface area contributed by atoms with E-state index in [2.05, 4.69) is 18.9 Å². The molecule has 0 amide bonds. The molecule has 0 aliphatic carbocycles. The van der Waals surface area contributed by atoms with Gasteiger partial charge in [0, 0.05) is 31.7 Å². The van der Waals surface area contributed by atoms with Crippen molar-refractivity contribution in [3.05, 3.63) is 79.3 Å². The summed E-state index contributed by atoms with van der Waals surface area (Å²) in [6, 6.07) is 3.92. The fourth-order valence-corrected chi connectivity index (χ4v) is 5.00. The molecule has 0 spiro atoms. The second kappa shape index (κ2) is 8.86. The summed E-state index contributed by atoms with van der Waals surface area (Å²) in [5, 5.41) is 7.46. The number of nitrogens with zero attached hydrogens (tertiary/aromatic N) is 5. The molecular weight excluding hydrogens is 434 g/mol. The Balaban J connectivity index is 2.05. The normalized spacial score (nSPS) is 11.9. The molecule has 0 N–H and O–H groups in total. The first-order valence-electron chi connectivity index (χ1n) is 10.9. The van der Waals surface area contributed by atoms with E-state index in [1.54, 1.807) is 22.0 Å². The molecule has 0 saturated carbocycles. The van der Waals surface area contributed by atoms with Gasteiger partial charge in [-0.25, -0.2) is 4.79 Å². The van der Waals surface area contributed by atoms with E-state index in [1.807, 2.05) is 60.6 Å². The van der Waals surface area contributed by atoms with Crippen LogP contribution in [-0.4, -0.2) is 23.5 Å². The van der Waals surface area contributed by atoms with Crippen LogP contribution in [0.4, 0.5) is 0 Å². The number of thiophene rings is 1. The zero-order chi connectivity index (χ0) is 23.9.